The fraction of sp³-hybridized carbons (Fsp3) is 0.0800. The summed E-state index contributed by atoms with van der Waals surface area (Å²) >= 11 is 13.3. The summed E-state index contributed by atoms with van der Waals surface area (Å²) < 4.78 is 29.4. The second-order valence-corrected chi connectivity index (χ2v) is 9.09. The Hall–Kier alpha value is -3.40. The first-order valence-corrected chi connectivity index (χ1v) is 12.2. The Balaban J connectivity index is 1.60. The summed E-state index contributed by atoms with van der Waals surface area (Å²) in [5, 5.41) is 3.78. The van der Waals surface area contributed by atoms with Gasteiger partial charge in [0.25, 0.3) is 5.91 Å². The molecule has 1 heterocycles. The summed E-state index contributed by atoms with van der Waals surface area (Å²) in [6.45, 7) is -2.97. The summed E-state index contributed by atoms with van der Waals surface area (Å²) in [5.41, 5.74) is 1.61. The van der Waals surface area contributed by atoms with Crippen LogP contribution in [0.15, 0.2) is 83.5 Å². The van der Waals surface area contributed by atoms with Crippen LogP contribution in [0, 0.1) is 0 Å². The number of nitrogens with zero attached hydrogens (tertiary/aromatic N) is 2. The lowest BCUT2D eigenvalue weighted by molar-refractivity contribution is -0.114. The molecule has 0 aromatic heterocycles. The Morgan fingerprint density at radius 1 is 1.08 bits per heavy atom. The summed E-state index contributed by atoms with van der Waals surface area (Å²) in [6.07, 6.45) is 1.51. The molecule has 0 saturated carbocycles. The molecule has 36 heavy (non-hydrogen) atoms. The Kier molecular flexibility index (Phi) is 8.25. The third kappa shape index (κ3) is 6.42. The first-order chi connectivity index (χ1) is 17.3. The maximum atomic E-state index is 13.3. The van der Waals surface area contributed by atoms with E-state index in [1.807, 2.05) is 6.07 Å². The lowest BCUT2D eigenvalue weighted by atomic mass is 10.2. The average molecular weight is 548 g/mol. The minimum atomic E-state index is -2.97. The lowest BCUT2D eigenvalue weighted by Crippen LogP contribution is -2.31. The van der Waals surface area contributed by atoms with Gasteiger partial charge in [-0.1, -0.05) is 59.2 Å². The zero-order valence-corrected chi connectivity index (χ0v) is 20.7. The molecule has 0 atom stereocenters. The lowest BCUT2D eigenvalue weighted by Gasteiger charge is -2.18. The Bertz CT molecular complexity index is 1340. The van der Waals surface area contributed by atoms with Crippen molar-refractivity contribution in [1.82, 2.24) is 0 Å². The molecule has 2 amide bonds. The molecule has 0 bridgehead atoms. The molecule has 3 aromatic carbocycles. The molecular weight excluding hydrogens is 531 g/mol. The van der Waals surface area contributed by atoms with Crippen molar-refractivity contribution in [2.75, 3.05) is 16.0 Å². The first-order valence-electron chi connectivity index (χ1n) is 10.4. The third-order valence-electron chi connectivity index (χ3n) is 4.79. The van der Waals surface area contributed by atoms with Crippen molar-refractivity contribution in [1.29, 1.82) is 0 Å². The van der Waals surface area contributed by atoms with Crippen molar-refractivity contribution in [3.63, 3.8) is 0 Å². The van der Waals surface area contributed by atoms with Crippen LogP contribution in [0.5, 0.6) is 5.75 Å². The molecule has 0 fully saturated rings. The molecule has 11 heteroatoms. The van der Waals surface area contributed by atoms with Crippen LogP contribution in [0.1, 0.15) is 5.56 Å². The van der Waals surface area contributed by atoms with E-state index in [0.29, 0.717) is 27.0 Å². The van der Waals surface area contributed by atoms with E-state index >= 15 is 0 Å². The number of amides is 2. The number of aliphatic imine (C=N–C) groups is 1. The minimum absolute atomic E-state index is 0.0287. The van der Waals surface area contributed by atoms with Gasteiger partial charge in [0.1, 0.15) is 11.4 Å². The van der Waals surface area contributed by atoms with Crippen LogP contribution in [0.2, 0.25) is 10.0 Å². The Labute approximate surface area is 219 Å². The van der Waals surface area contributed by atoms with Crippen LogP contribution in [-0.4, -0.2) is 29.3 Å². The molecule has 0 spiro atoms. The van der Waals surface area contributed by atoms with Gasteiger partial charge in [0.05, 0.1) is 11.4 Å². The SMILES string of the molecule is O=C(CSC1=NC(=Cc2ccc(Cl)cc2Cl)C(=O)N1c1ccc(OC(F)F)cc1)Nc1ccccc1. The number of hydrogen-bond donors (Lipinski definition) is 1. The number of rotatable bonds is 7. The number of thioether (sulfide) groups is 1. The molecule has 1 aliphatic rings. The fourth-order valence-corrected chi connectivity index (χ4v) is 4.49. The minimum Gasteiger partial charge on any atom is -0.435 e. The van der Waals surface area contributed by atoms with Crippen molar-refractivity contribution in [2.24, 2.45) is 4.99 Å². The predicted octanol–water partition coefficient (Wildman–Crippen LogP) is 6.71. The molecule has 184 valence electrons. The highest BCUT2D eigenvalue weighted by molar-refractivity contribution is 8.14. The number of para-hydroxylation sites is 1. The van der Waals surface area contributed by atoms with Crippen LogP contribution in [0.25, 0.3) is 6.08 Å². The van der Waals surface area contributed by atoms with Crippen molar-refractivity contribution < 1.29 is 23.1 Å². The number of carbonyl (C=O) groups excluding carboxylic acids is 2. The molecule has 0 aliphatic carbocycles. The van der Waals surface area contributed by atoms with E-state index in [1.165, 1.54) is 35.2 Å². The van der Waals surface area contributed by atoms with Gasteiger partial charge in [-0.3, -0.25) is 14.5 Å². The number of halogens is 4. The van der Waals surface area contributed by atoms with Gasteiger partial charge in [0.2, 0.25) is 5.91 Å². The molecular formula is C25H17Cl2F2N3O3S. The molecule has 1 aliphatic heterocycles. The predicted molar refractivity (Wildman–Crippen MR) is 140 cm³/mol. The van der Waals surface area contributed by atoms with E-state index in [9.17, 15) is 18.4 Å². The number of alkyl halides is 2. The van der Waals surface area contributed by atoms with Crippen molar-refractivity contribution in [3.05, 3.63) is 94.1 Å². The quantitative estimate of drug-likeness (QED) is 0.333. The van der Waals surface area contributed by atoms with Crippen LogP contribution < -0.4 is 15.0 Å². The zero-order chi connectivity index (χ0) is 25.7. The highest BCUT2D eigenvalue weighted by Gasteiger charge is 2.32. The second-order valence-electron chi connectivity index (χ2n) is 7.31. The number of benzene rings is 3. The number of ether oxygens (including phenoxy) is 1. The van der Waals surface area contributed by atoms with E-state index in [4.69, 9.17) is 23.2 Å². The monoisotopic (exact) mass is 547 g/mol. The second kappa shape index (κ2) is 11.6. The highest BCUT2D eigenvalue weighted by Crippen LogP contribution is 2.32. The Morgan fingerprint density at radius 2 is 1.81 bits per heavy atom. The smallest absolute Gasteiger partial charge is 0.387 e. The summed E-state index contributed by atoms with van der Waals surface area (Å²) in [6, 6.07) is 19.3. The maximum Gasteiger partial charge on any atom is 0.387 e. The molecule has 3 aromatic rings. The average Bonchev–Trinajstić information content (AvgIpc) is 3.15. The molecule has 0 radical (unpaired) electrons. The topological polar surface area (TPSA) is 71.0 Å². The Morgan fingerprint density at radius 3 is 2.47 bits per heavy atom. The molecule has 0 unspecified atom stereocenters. The first kappa shape index (κ1) is 25.7. The summed E-state index contributed by atoms with van der Waals surface area (Å²) in [7, 11) is 0. The van der Waals surface area contributed by atoms with Gasteiger partial charge < -0.3 is 10.1 Å². The maximum absolute atomic E-state index is 13.3. The van der Waals surface area contributed by atoms with Gasteiger partial charge in [0, 0.05) is 15.7 Å². The largest absolute Gasteiger partial charge is 0.435 e. The van der Waals surface area contributed by atoms with Crippen LogP contribution in [0.4, 0.5) is 20.2 Å². The van der Waals surface area contributed by atoms with Gasteiger partial charge >= 0.3 is 6.61 Å². The number of nitrogens with one attached hydrogen (secondary N) is 1. The van der Waals surface area contributed by atoms with Gasteiger partial charge in [0.15, 0.2) is 5.17 Å². The van der Waals surface area contributed by atoms with E-state index in [-0.39, 0.29) is 28.3 Å². The van der Waals surface area contributed by atoms with Crippen molar-refractivity contribution in [2.45, 2.75) is 6.61 Å². The zero-order valence-electron chi connectivity index (χ0n) is 18.3. The third-order valence-corrected chi connectivity index (χ3v) is 6.30. The van der Waals surface area contributed by atoms with E-state index in [1.54, 1.807) is 42.5 Å². The summed E-state index contributed by atoms with van der Waals surface area (Å²) in [5.74, 6) is -0.855. The van der Waals surface area contributed by atoms with Crippen LogP contribution in [-0.2, 0) is 9.59 Å². The number of amidine groups is 1. The molecule has 0 saturated heterocycles. The van der Waals surface area contributed by atoms with E-state index in [0.717, 1.165) is 11.8 Å². The number of carbonyl (C=O) groups is 2. The van der Waals surface area contributed by atoms with E-state index < -0.39 is 12.5 Å². The fourth-order valence-electron chi connectivity index (χ4n) is 3.21. The number of hydrogen-bond acceptors (Lipinski definition) is 5. The van der Waals surface area contributed by atoms with Gasteiger partial charge in [-0.2, -0.15) is 8.78 Å². The van der Waals surface area contributed by atoms with Crippen LogP contribution in [0.3, 0.4) is 0 Å². The van der Waals surface area contributed by atoms with Gasteiger partial charge in [-0.05, 0) is 60.2 Å². The molecule has 1 N–H and O–H groups in total. The van der Waals surface area contributed by atoms with E-state index in [2.05, 4.69) is 15.0 Å². The standard InChI is InChI=1S/C25H17Cl2F2N3O3S/c26-16-7-6-15(20(27)13-16)12-21-23(34)32(18-8-10-19(11-9-18)35-24(28)29)25(31-21)36-14-22(33)30-17-4-2-1-3-5-17/h1-13,24H,14H2,(H,30,33). The van der Waals surface area contributed by atoms with Crippen LogP contribution >= 0.6 is 35.0 Å². The van der Waals surface area contributed by atoms with Crippen molar-refractivity contribution in [3.8, 4) is 5.75 Å². The normalized spacial score (nSPS) is 14.4. The molecule has 6 nitrogen and oxygen atoms in total. The van der Waals surface area contributed by atoms with Gasteiger partial charge in [-0.25, -0.2) is 4.99 Å². The number of anilines is 2. The van der Waals surface area contributed by atoms with Crippen molar-refractivity contribution >= 4 is 69.4 Å². The summed E-state index contributed by atoms with van der Waals surface area (Å²) in [4.78, 5) is 31.5. The van der Waals surface area contributed by atoms with Gasteiger partial charge in [-0.15, -0.1) is 0 Å². The molecule has 4 rings (SSSR count). The highest BCUT2D eigenvalue weighted by atomic mass is 35.5.